The van der Waals surface area contributed by atoms with Crippen LogP contribution in [0.1, 0.15) is 5.76 Å². The van der Waals surface area contributed by atoms with Gasteiger partial charge in [-0.2, -0.15) is 4.98 Å². The molecule has 4 heterocycles. The molecular weight excluding hydrogens is 318 g/mol. The Kier molecular flexibility index (Phi) is 4.16. The van der Waals surface area contributed by atoms with Crippen molar-refractivity contribution in [2.75, 3.05) is 41.3 Å². The fourth-order valence-electron chi connectivity index (χ4n) is 2.83. The predicted molar refractivity (Wildman–Crippen MR) is 95.2 cm³/mol. The standard InChI is InChI=1S/C17H19N7O/c1-13-12-14(22-25-13)20-17-19-7-5-16(21-17)24-10-8-23(9-11-24)15-4-2-3-6-18-15/h2-7,12H,8-11H2,1H3,(H,19,20,21,22). The second-order valence-electron chi connectivity index (χ2n) is 5.85. The summed E-state index contributed by atoms with van der Waals surface area (Å²) < 4.78 is 5.05. The van der Waals surface area contributed by atoms with Crippen LogP contribution in [0.15, 0.2) is 47.2 Å². The molecule has 3 aromatic rings. The largest absolute Gasteiger partial charge is 0.360 e. The van der Waals surface area contributed by atoms with Gasteiger partial charge in [0, 0.05) is 44.6 Å². The topological polar surface area (TPSA) is 83.2 Å². The van der Waals surface area contributed by atoms with Crippen LogP contribution in [-0.2, 0) is 0 Å². The van der Waals surface area contributed by atoms with E-state index in [1.54, 1.807) is 6.20 Å². The average molecular weight is 337 g/mol. The molecule has 1 fully saturated rings. The lowest BCUT2D eigenvalue weighted by Crippen LogP contribution is -2.47. The molecule has 0 atom stereocenters. The second-order valence-corrected chi connectivity index (χ2v) is 5.85. The summed E-state index contributed by atoms with van der Waals surface area (Å²) in [5, 5.41) is 6.97. The molecule has 8 heteroatoms. The van der Waals surface area contributed by atoms with E-state index in [1.807, 2.05) is 43.5 Å². The highest BCUT2D eigenvalue weighted by Crippen LogP contribution is 2.19. The number of piperazine rings is 1. The molecule has 0 aromatic carbocycles. The van der Waals surface area contributed by atoms with Crippen molar-refractivity contribution in [3.05, 3.63) is 48.5 Å². The van der Waals surface area contributed by atoms with Crippen molar-refractivity contribution < 1.29 is 4.52 Å². The first-order valence-electron chi connectivity index (χ1n) is 8.22. The van der Waals surface area contributed by atoms with E-state index >= 15 is 0 Å². The van der Waals surface area contributed by atoms with Crippen LogP contribution >= 0.6 is 0 Å². The Hall–Kier alpha value is -3.16. The van der Waals surface area contributed by atoms with E-state index in [-0.39, 0.29) is 0 Å². The number of nitrogens with zero attached hydrogens (tertiary/aromatic N) is 6. The number of rotatable bonds is 4. The van der Waals surface area contributed by atoms with Crippen LogP contribution in [-0.4, -0.2) is 46.3 Å². The predicted octanol–water partition coefficient (Wildman–Crippen LogP) is 2.24. The van der Waals surface area contributed by atoms with Gasteiger partial charge < -0.3 is 19.6 Å². The van der Waals surface area contributed by atoms with Gasteiger partial charge in [-0.25, -0.2) is 9.97 Å². The quantitative estimate of drug-likeness (QED) is 0.776. The second kappa shape index (κ2) is 6.76. The van der Waals surface area contributed by atoms with Crippen molar-refractivity contribution in [1.82, 2.24) is 20.1 Å². The molecule has 0 amide bonds. The molecule has 25 heavy (non-hydrogen) atoms. The maximum Gasteiger partial charge on any atom is 0.230 e. The SMILES string of the molecule is Cc1cc(Nc2nccc(N3CCN(c4ccccn4)CC3)n2)no1. The summed E-state index contributed by atoms with van der Waals surface area (Å²) in [4.78, 5) is 17.8. The van der Waals surface area contributed by atoms with Crippen LogP contribution in [0.25, 0.3) is 0 Å². The van der Waals surface area contributed by atoms with Gasteiger partial charge >= 0.3 is 0 Å². The Morgan fingerprint density at radius 1 is 0.960 bits per heavy atom. The van der Waals surface area contributed by atoms with Crippen LogP contribution in [0.2, 0.25) is 0 Å². The fourth-order valence-corrected chi connectivity index (χ4v) is 2.83. The third kappa shape index (κ3) is 3.52. The molecule has 0 spiro atoms. The number of nitrogens with one attached hydrogen (secondary N) is 1. The molecule has 4 rings (SSSR count). The Balaban J connectivity index is 1.42. The van der Waals surface area contributed by atoms with Crippen LogP contribution < -0.4 is 15.1 Å². The van der Waals surface area contributed by atoms with Crippen LogP contribution in [0.4, 0.5) is 23.4 Å². The van der Waals surface area contributed by atoms with E-state index in [2.05, 4.69) is 35.2 Å². The highest BCUT2D eigenvalue weighted by atomic mass is 16.5. The molecule has 1 aliphatic rings. The van der Waals surface area contributed by atoms with Gasteiger partial charge in [0.2, 0.25) is 5.95 Å². The van der Waals surface area contributed by atoms with E-state index in [0.29, 0.717) is 11.8 Å². The van der Waals surface area contributed by atoms with E-state index in [1.165, 1.54) is 0 Å². The molecule has 128 valence electrons. The Morgan fingerprint density at radius 2 is 1.76 bits per heavy atom. The van der Waals surface area contributed by atoms with Gasteiger partial charge in [-0.15, -0.1) is 0 Å². The first kappa shape index (κ1) is 15.4. The van der Waals surface area contributed by atoms with Gasteiger partial charge in [0.25, 0.3) is 0 Å². The molecule has 0 saturated carbocycles. The minimum atomic E-state index is 0.512. The van der Waals surface area contributed by atoms with Crippen molar-refractivity contribution in [2.45, 2.75) is 6.92 Å². The lowest BCUT2D eigenvalue weighted by molar-refractivity contribution is 0.400. The van der Waals surface area contributed by atoms with Crippen molar-refractivity contribution in [2.24, 2.45) is 0 Å². The van der Waals surface area contributed by atoms with E-state index < -0.39 is 0 Å². The van der Waals surface area contributed by atoms with E-state index in [9.17, 15) is 0 Å². The Bertz CT molecular complexity index is 828. The van der Waals surface area contributed by atoms with Crippen molar-refractivity contribution >= 4 is 23.4 Å². The summed E-state index contributed by atoms with van der Waals surface area (Å²) in [6, 6.07) is 9.73. The van der Waals surface area contributed by atoms with Gasteiger partial charge in [0.15, 0.2) is 5.82 Å². The number of anilines is 4. The van der Waals surface area contributed by atoms with Gasteiger partial charge in [-0.05, 0) is 25.1 Å². The van der Waals surface area contributed by atoms with Crippen molar-refractivity contribution in [3.8, 4) is 0 Å². The highest BCUT2D eigenvalue weighted by Gasteiger charge is 2.19. The molecule has 1 aliphatic heterocycles. The zero-order valence-electron chi connectivity index (χ0n) is 14.0. The summed E-state index contributed by atoms with van der Waals surface area (Å²) in [5.41, 5.74) is 0. The first-order chi connectivity index (χ1) is 12.3. The molecule has 1 N–H and O–H groups in total. The van der Waals surface area contributed by atoms with Gasteiger partial charge in [-0.3, -0.25) is 0 Å². The fraction of sp³-hybridized carbons (Fsp3) is 0.294. The number of hydrogen-bond donors (Lipinski definition) is 1. The lowest BCUT2D eigenvalue weighted by Gasteiger charge is -2.36. The van der Waals surface area contributed by atoms with E-state index in [0.717, 1.165) is 43.6 Å². The summed E-state index contributed by atoms with van der Waals surface area (Å²) >= 11 is 0. The lowest BCUT2D eigenvalue weighted by atomic mass is 10.3. The number of aromatic nitrogens is 4. The molecule has 0 aliphatic carbocycles. The zero-order chi connectivity index (χ0) is 17.1. The van der Waals surface area contributed by atoms with Gasteiger partial charge in [0.1, 0.15) is 17.4 Å². The van der Waals surface area contributed by atoms with E-state index in [4.69, 9.17) is 4.52 Å². The maximum atomic E-state index is 5.05. The van der Waals surface area contributed by atoms with Gasteiger partial charge in [-0.1, -0.05) is 11.2 Å². The molecule has 0 radical (unpaired) electrons. The monoisotopic (exact) mass is 337 g/mol. The molecular formula is C17H19N7O. The zero-order valence-corrected chi connectivity index (χ0v) is 14.0. The van der Waals surface area contributed by atoms with Gasteiger partial charge in [0.05, 0.1) is 0 Å². The molecule has 0 unspecified atom stereocenters. The number of hydrogen-bond acceptors (Lipinski definition) is 8. The summed E-state index contributed by atoms with van der Waals surface area (Å²) in [7, 11) is 0. The van der Waals surface area contributed by atoms with Crippen molar-refractivity contribution in [3.63, 3.8) is 0 Å². The average Bonchev–Trinajstić information content (AvgIpc) is 3.07. The number of aryl methyl sites for hydroxylation is 1. The van der Waals surface area contributed by atoms with Crippen LogP contribution in [0.5, 0.6) is 0 Å². The smallest absolute Gasteiger partial charge is 0.230 e. The summed E-state index contributed by atoms with van der Waals surface area (Å²) in [6.45, 7) is 5.43. The van der Waals surface area contributed by atoms with Crippen molar-refractivity contribution in [1.29, 1.82) is 0 Å². The Morgan fingerprint density at radius 3 is 2.44 bits per heavy atom. The third-order valence-corrected chi connectivity index (χ3v) is 4.09. The third-order valence-electron chi connectivity index (χ3n) is 4.09. The summed E-state index contributed by atoms with van der Waals surface area (Å²) in [5.74, 6) is 3.78. The minimum absolute atomic E-state index is 0.512. The molecule has 0 bridgehead atoms. The minimum Gasteiger partial charge on any atom is -0.360 e. The normalized spacial score (nSPS) is 14.6. The highest BCUT2D eigenvalue weighted by molar-refractivity contribution is 5.51. The maximum absolute atomic E-state index is 5.05. The molecule has 3 aromatic heterocycles. The Labute approximate surface area is 145 Å². The number of pyridine rings is 1. The van der Waals surface area contributed by atoms with Crippen LogP contribution in [0, 0.1) is 6.92 Å². The van der Waals surface area contributed by atoms with Crippen LogP contribution in [0.3, 0.4) is 0 Å². The first-order valence-corrected chi connectivity index (χ1v) is 8.22. The molecule has 1 saturated heterocycles. The molecule has 8 nitrogen and oxygen atoms in total. The summed E-state index contributed by atoms with van der Waals surface area (Å²) in [6.07, 6.45) is 3.58.